The summed E-state index contributed by atoms with van der Waals surface area (Å²) in [6.07, 6.45) is 5.60. The molecule has 2 aliphatic carbocycles. The summed E-state index contributed by atoms with van der Waals surface area (Å²) in [5, 5.41) is 0. The Hall–Kier alpha value is -1.12. The first-order chi connectivity index (χ1) is 6.74. The molecule has 1 fully saturated rings. The van der Waals surface area contributed by atoms with Crippen molar-refractivity contribution < 1.29 is 14.3 Å². The first-order valence-electron chi connectivity index (χ1n) is 5.08. The second-order valence-corrected chi connectivity index (χ2v) is 3.99. The number of esters is 1. The van der Waals surface area contributed by atoms with Crippen LogP contribution in [0.4, 0.5) is 0 Å². The van der Waals surface area contributed by atoms with Crippen molar-refractivity contribution in [3.63, 3.8) is 0 Å². The zero-order valence-corrected chi connectivity index (χ0v) is 8.29. The molecule has 3 nitrogen and oxygen atoms in total. The summed E-state index contributed by atoms with van der Waals surface area (Å²) in [6.45, 7) is 0. The molecule has 0 aliphatic heterocycles. The third kappa shape index (κ3) is 1.37. The van der Waals surface area contributed by atoms with Crippen LogP contribution in [0.3, 0.4) is 0 Å². The van der Waals surface area contributed by atoms with Crippen LogP contribution in [0.1, 0.15) is 25.7 Å². The third-order valence-corrected chi connectivity index (χ3v) is 3.25. The van der Waals surface area contributed by atoms with E-state index in [1.54, 1.807) is 0 Å². The Morgan fingerprint density at radius 1 is 1.36 bits per heavy atom. The fourth-order valence-corrected chi connectivity index (χ4v) is 2.54. The Balaban J connectivity index is 2.22. The number of fused-ring (bicyclic) bond motifs is 1. The molecule has 14 heavy (non-hydrogen) atoms. The van der Waals surface area contributed by atoms with E-state index in [1.807, 2.05) is 0 Å². The summed E-state index contributed by atoms with van der Waals surface area (Å²) in [4.78, 5) is 22.9. The maximum Gasteiger partial charge on any atom is 0.334 e. The minimum atomic E-state index is -0.326. The number of ketones is 1. The first kappa shape index (κ1) is 9.44. The van der Waals surface area contributed by atoms with Crippen molar-refractivity contribution in [2.45, 2.75) is 25.7 Å². The van der Waals surface area contributed by atoms with Gasteiger partial charge in [0.25, 0.3) is 0 Å². The van der Waals surface area contributed by atoms with Gasteiger partial charge in [-0.1, -0.05) is 12.8 Å². The maximum atomic E-state index is 11.6. The van der Waals surface area contributed by atoms with Crippen molar-refractivity contribution >= 4 is 11.8 Å². The lowest BCUT2D eigenvalue weighted by Crippen LogP contribution is -2.23. The molecular formula is C11H14O3. The van der Waals surface area contributed by atoms with Crippen molar-refractivity contribution in [2.24, 2.45) is 11.8 Å². The second-order valence-electron chi connectivity index (χ2n) is 3.99. The van der Waals surface area contributed by atoms with E-state index in [1.165, 1.54) is 13.2 Å². The van der Waals surface area contributed by atoms with Gasteiger partial charge >= 0.3 is 5.97 Å². The average Bonchev–Trinajstić information content (AvgIpc) is 2.56. The number of methoxy groups -OCH3 is 1. The molecule has 0 spiro atoms. The molecular weight excluding hydrogens is 180 g/mol. The van der Waals surface area contributed by atoms with Crippen LogP contribution < -0.4 is 0 Å². The summed E-state index contributed by atoms with van der Waals surface area (Å²) < 4.78 is 4.67. The SMILES string of the molecule is COC(=O)C1=CC(=O)[C@H]2CCCC[C@H]12. The molecule has 0 heterocycles. The predicted octanol–water partition coefficient (Wildman–Crippen LogP) is 1.47. The van der Waals surface area contributed by atoms with Gasteiger partial charge in [0.2, 0.25) is 0 Å². The molecule has 0 bridgehead atoms. The number of hydrogen-bond donors (Lipinski definition) is 0. The van der Waals surface area contributed by atoms with Gasteiger partial charge in [-0.25, -0.2) is 4.79 Å². The van der Waals surface area contributed by atoms with Crippen LogP contribution in [-0.4, -0.2) is 18.9 Å². The van der Waals surface area contributed by atoms with E-state index >= 15 is 0 Å². The smallest absolute Gasteiger partial charge is 0.334 e. The van der Waals surface area contributed by atoms with Gasteiger partial charge in [0.1, 0.15) is 0 Å². The molecule has 0 unspecified atom stereocenters. The van der Waals surface area contributed by atoms with Crippen molar-refractivity contribution in [1.82, 2.24) is 0 Å². The number of allylic oxidation sites excluding steroid dienone is 1. The van der Waals surface area contributed by atoms with Crippen molar-refractivity contribution in [1.29, 1.82) is 0 Å². The van der Waals surface area contributed by atoms with Crippen molar-refractivity contribution in [3.05, 3.63) is 11.6 Å². The summed E-state index contributed by atoms with van der Waals surface area (Å²) >= 11 is 0. The van der Waals surface area contributed by atoms with Crippen LogP contribution in [0.25, 0.3) is 0 Å². The summed E-state index contributed by atoms with van der Waals surface area (Å²) in [7, 11) is 1.36. The summed E-state index contributed by atoms with van der Waals surface area (Å²) in [5.41, 5.74) is 0.599. The lowest BCUT2D eigenvalue weighted by atomic mass is 9.78. The number of ether oxygens (including phenoxy) is 1. The van der Waals surface area contributed by atoms with Gasteiger partial charge in [0, 0.05) is 17.4 Å². The zero-order valence-electron chi connectivity index (χ0n) is 8.29. The number of carbonyl (C=O) groups excluding carboxylic acids is 2. The van der Waals surface area contributed by atoms with Crippen LogP contribution in [-0.2, 0) is 14.3 Å². The van der Waals surface area contributed by atoms with Crippen molar-refractivity contribution in [2.75, 3.05) is 7.11 Å². The first-order valence-corrected chi connectivity index (χ1v) is 5.08. The molecule has 3 heteroatoms. The maximum absolute atomic E-state index is 11.6. The molecule has 2 atom stereocenters. The van der Waals surface area contributed by atoms with Crippen LogP contribution in [0.15, 0.2) is 11.6 Å². The Labute approximate surface area is 83.1 Å². The van der Waals surface area contributed by atoms with Crippen LogP contribution in [0.5, 0.6) is 0 Å². The molecule has 2 aliphatic rings. The zero-order chi connectivity index (χ0) is 10.1. The Bertz CT molecular complexity index is 304. The fourth-order valence-electron chi connectivity index (χ4n) is 2.54. The topological polar surface area (TPSA) is 43.4 Å². The van der Waals surface area contributed by atoms with Gasteiger partial charge in [-0.2, -0.15) is 0 Å². The van der Waals surface area contributed by atoms with Crippen LogP contribution in [0, 0.1) is 11.8 Å². The van der Waals surface area contributed by atoms with Gasteiger partial charge < -0.3 is 4.74 Å². The van der Waals surface area contributed by atoms with Crippen LogP contribution >= 0.6 is 0 Å². The molecule has 0 aromatic rings. The second kappa shape index (κ2) is 3.56. The average molecular weight is 194 g/mol. The normalized spacial score (nSPS) is 30.9. The number of hydrogen-bond acceptors (Lipinski definition) is 3. The molecule has 0 radical (unpaired) electrons. The molecule has 2 rings (SSSR count). The molecule has 0 aromatic carbocycles. The van der Waals surface area contributed by atoms with Gasteiger partial charge in [-0.15, -0.1) is 0 Å². The Kier molecular flexibility index (Phi) is 2.40. The molecule has 0 N–H and O–H groups in total. The molecule has 0 amide bonds. The van der Waals surface area contributed by atoms with Gasteiger partial charge in [-0.05, 0) is 18.9 Å². The minimum absolute atomic E-state index is 0.0675. The van der Waals surface area contributed by atoms with E-state index in [2.05, 4.69) is 4.74 Å². The van der Waals surface area contributed by atoms with E-state index in [0.717, 1.165) is 25.7 Å². The van der Waals surface area contributed by atoms with Gasteiger partial charge in [-0.3, -0.25) is 4.79 Å². The fraction of sp³-hybridized carbons (Fsp3) is 0.636. The van der Waals surface area contributed by atoms with E-state index in [9.17, 15) is 9.59 Å². The van der Waals surface area contributed by atoms with E-state index < -0.39 is 0 Å². The largest absolute Gasteiger partial charge is 0.466 e. The van der Waals surface area contributed by atoms with Crippen LogP contribution in [0.2, 0.25) is 0 Å². The van der Waals surface area contributed by atoms with Gasteiger partial charge in [0.15, 0.2) is 5.78 Å². The molecule has 0 aromatic heterocycles. The lowest BCUT2D eigenvalue weighted by Gasteiger charge is -2.25. The highest BCUT2D eigenvalue weighted by molar-refractivity contribution is 6.05. The highest BCUT2D eigenvalue weighted by Crippen LogP contribution is 2.40. The molecule has 1 saturated carbocycles. The Morgan fingerprint density at radius 3 is 2.64 bits per heavy atom. The summed E-state index contributed by atoms with van der Waals surface area (Å²) in [5.74, 6) is 0.00407. The highest BCUT2D eigenvalue weighted by atomic mass is 16.5. The number of rotatable bonds is 1. The van der Waals surface area contributed by atoms with Crippen molar-refractivity contribution in [3.8, 4) is 0 Å². The highest BCUT2D eigenvalue weighted by Gasteiger charge is 2.40. The standard InChI is InChI=1S/C11H14O3/c1-14-11(13)9-6-10(12)8-5-3-2-4-7(8)9/h6-8H,2-5H2,1H3/t7-,8-/m0/s1. The summed E-state index contributed by atoms with van der Waals surface area (Å²) in [6, 6.07) is 0. The van der Waals surface area contributed by atoms with E-state index in [4.69, 9.17) is 0 Å². The lowest BCUT2D eigenvalue weighted by molar-refractivity contribution is -0.136. The van der Waals surface area contributed by atoms with E-state index in [0.29, 0.717) is 5.57 Å². The molecule has 76 valence electrons. The monoisotopic (exact) mass is 194 g/mol. The van der Waals surface area contributed by atoms with E-state index in [-0.39, 0.29) is 23.6 Å². The molecule has 0 saturated heterocycles. The quantitative estimate of drug-likeness (QED) is 0.594. The predicted molar refractivity (Wildman–Crippen MR) is 50.6 cm³/mol. The number of carbonyl (C=O) groups is 2. The minimum Gasteiger partial charge on any atom is -0.466 e. The third-order valence-electron chi connectivity index (χ3n) is 3.25. The Morgan fingerprint density at radius 2 is 2.00 bits per heavy atom. The van der Waals surface area contributed by atoms with Gasteiger partial charge in [0.05, 0.1) is 7.11 Å².